The minimum Gasteiger partial charge on any atom is -0.508 e. The lowest BCUT2D eigenvalue weighted by Gasteiger charge is -2.32. The number of aldehydes is 1. The van der Waals surface area contributed by atoms with Crippen LogP contribution >= 0.6 is 23.2 Å². The fraction of sp³-hybridized carbons (Fsp3) is 0.611. The topological polar surface area (TPSA) is 72.8 Å². The first-order valence-electron chi connectivity index (χ1n) is 8.63. The lowest BCUT2D eigenvalue weighted by Crippen LogP contribution is -2.32. The molecule has 0 radical (unpaired) electrons. The van der Waals surface area contributed by atoms with Gasteiger partial charge in [-0.1, -0.05) is 23.2 Å². The molecule has 2 unspecified atom stereocenters. The molecule has 140 valence electrons. The summed E-state index contributed by atoms with van der Waals surface area (Å²) in [5.74, 6) is 0.472. The SMILES string of the molecule is CN1CCC(C(O)c2cc(Cl)c(Cl)cc2O)CC1.O=CC1CCNC1. The van der Waals surface area contributed by atoms with Gasteiger partial charge in [-0.25, -0.2) is 0 Å². The van der Waals surface area contributed by atoms with Crippen molar-refractivity contribution >= 4 is 29.5 Å². The van der Waals surface area contributed by atoms with Crippen molar-refractivity contribution in [3.63, 3.8) is 0 Å². The Bertz CT molecular complexity index is 572. The van der Waals surface area contributed by atoms with E-state index in [-0.39, 0.29) is 11.7 Å². The highest BCUT2D eigenvalue weighted by atomic mass is 35.5. The van der Waals surface area contributed by atoms with Gasteiger partial charge >= 0.3 is 0 Å². The number of halogens is 2. The van der Waals surface area contributed by atoms with Crippen LogP contribution in [0.15, 0.2) is 12.1 Å². The molecule has 0 saturated carbocycles. The van der Waals surface area contributed by atoms with Gasteiger partial charge in [0.25, 0.3) is 0 Å². The van der Waals surface area contributed by atoms with E-state index in [1.165, 1.54) is 6.07 Å². The fourth-order valence-corrected chi connectivity index (χ4v) is 3.51. The van der Waals surface area contributed by atoms with E-state index in [2.05, 4.69) is 17.3 Å². The molecule has 0 aromatic heterocycles. The third kappa shape index (κ3) is 5.83. The molecule has 3 rings (SSSR count). The summed E-state index contributed by atoms with van der Waals surface area (Å²) in [6.45, 7) is 3.83. The summed E-state index contributed by atoms with van der Waals surface area (Å²) in [7, 11) is 2.07. The summed E-state index contributed by atoms with van der Waals surface area (Å²) in [4.78, 5) is 12.2. The normalized spacial score (nSPS) is 23.0. The summed E-state index contributed by atoms with van der Waals surface area (Å²) >= 11 is 11.7. The van der Waals surface area contributed by atoms with Crippen LogP contribution in [-0.2, 0) is 4.79 Å². The lowest BCUT2D eigenvalue weighted by atomic mass is 9.87. The van der Waals surface area contributed by atoms with Gasteiger partial charge in [0.1, 0.15) is 12.0 Å². The number of hydrogen-bond acceptors (Lipinski definition) is 5. The Morgan fingerprint density at radius 2 is 1.88 bits per heavy atom. The number of aliphatic hydroxyl groups excluding tert-OH is 1. The molecule has 2 aliphatic rings. The Labute approximate surface area is 158 Å². The number of likely N-dealkylation sites (tertiary alicyclic amines) is 1. The number of rotatable bonds is 3. The van der Waals surface area contributed by atoms with E-state index in [1.54, 1.807) is 6.07 Å². The van der Waals surface area contributed by atoms with E-state index in [0.29, 0.717) is 21.5 Å². The van der Waals surface area contributed by atoms with E-state index in [4.69, 9.17) is 23.2 Å². The average Bonchev–Trinajstić information content (AvgIpc) is 3.12. The zero-order valence-electron chi connectivity index (χ0n) is 14.4. The largest absolute Gasteiger partial charge is 0.508 e. The quantitative estimate of drug-likeness (QED) is 0.694. The van der Waals surface area contributed by atoms with Crippen molar-refractivity contribution in [3.8, 4) is 5.75 Å². The van der Waals surface area contributed by atoms with Crippen LogP contribution in [0.4, 0.5) is 0 Å². The molecule has 0 bridgehead atoms. The van der Waals surface area contributed by atoms with Crippen LogP contribution in [0.3, 0.4) is 0 Å². The second-order valence-electron chi connectivity index (χ2n) is 6.80. The lowest BCUT2D eigenvalue weighted by molar-refractivity contribution is -0.110. The molecular formula is C18H26Cl2N2O3. The number of piperidine rings is 1. The predicted octanol–water partition coefficient (Wildman–Crippen LogP) is 2.87. The molecule has 2 heterocycles. The van der Waals surface area contributed by atoms with Gasteiger partial charge in [-0.15, -0.1) is 0 Å². The maximum Gasteiger partial charge on any atom is 0.124 e. The van der Waals surface area contributed by atoms with Crippen molar-refractivity contribution in [3.05, 3.63) is 27.7 Å². The zero-order valence-corrected chi connectivity index (χ0v) is 15.9. The second-order valence-corrected chi connectivity index (χ2v) is 7.61. The summed E-state index contributed by atoms with van der Waals surface area (Å²) in [6, 6.07) is 2.94. The van der Waals surface area contributed by atoms with E-state index in [1.807, 2.05) is 0 Å². The van der Waals surface area contributed by atoms with Crippen LogP contribution in [0.25, 0.3) is 0 Å². The first-order valence-corrected chi connectivity index (χ1v) is 9.38. The van der Waals surface area contributed by atoms with Gasteiger partial charge in [-0.05, 0) is 57.9 Å². The summed E-state index contributed by atoms with van der Waals surface area (Å²) in [5.41, 5.74) is 0.471. The molecule has 0 amide bonds. The number of hydrogen-bond donors (Lipinski definition) is 3. The molecule has 2 saturated heterocycles. The molecular weight excluding hydrogens is 363 g/mol. The van der Waals surface area contributed by atoms with Crippen LogP contribution in [0, 0.1) is 11.8 Å². The van der Waals surface area contributed by atoms with Crippen LogP contribution in [0.5, 0.6) is 5.75 Å². The highest BCUT2D eigenvalue weighted by Crippen LogP contribution is 2.38. The van der Waals surface area contributed by atoms with Crippen molar-refractivity contribution in [1.82, 2.24) is 10.2 Å². The maximum atomic E-state index is 10.3. The molecule has 25 heavy (non-hydrogen) atoms. The molecule has 7 heteroatoms. The minimum absolute atomic E-state index is 0.0100. The highest BCUT2D eigenvalue weighted by Gasteiger charge is 2.27. The minimum atomic E-state index is -0.687. The van der Waals surface area contributed by atoms with Crippen LogP contribution < -0.4 is 5.32 Å². The molecule has 2 aliphatic heterocycles. The van der Waals surface area contributed by atoms with Gasteiger partial charge in [0.15, 0.2) is 0 Å². The molecule has 0 aliphatic carbocycles. The average molecular weight is 389 g/mol. The van der Waals surface area contributed by atoms with E-state index in [0.717, 1.165) is 51.7 Å². The second kappa shape index (κ2) is 9.74. The van der Waals surface area contributed by atoms with Crippen molar-refractivity contribution in [2.75, 3.05) is 33.2 Å². The first-order chi connectivity index (χ1) is 11.9. The first kappa shape index (κ1) is 20.5. The van der Waals surface area contributed by atoms with E-state index in [9.17, 15) is 15.0 Å². The van der Waals surface area contributed by atoms with Crippen LogP contribution in [0.2, 0.25) is 10.0 Å². The van der Waals surface area contributed by atoms with E-state index < -0.39 is 6.10 Å². The van der Waals surface area contributed by atoms with Crippen molar-refractivity contribution < 1.29 is 15.0 Å². The molecule has 2 atom stereocenters. The molecule has 0 spiro atoms. The van der Waals surface area contributed by atoms with Crippen molar-refractivity contribution in [1.29, 1.82) is 0 Å². The number of aliphatic hydroxyl groups is 1. The monoisotopic (exact) mass is 388 g/mol. The Morgan fingerprint density at radius 3 is 2.40 bits per heavy atom. The predicted molar refractivity (Wildman–Crippen MR) is 100 cm³/mol. The number of phenols is 1. The highest BCUT2D eigenvalue weighted by molar-refractivity contribution is 6.42. The number of nitrogens with zero attached hydrogens (tertiary/aromatic N) is 1. The summed E-state index contributed by atoms with van der Waals surface area (Å²) < 4.78 is 0. The zero-order chi connectivity index (χ0) is 18.4. The van der Waals surface area contributed by atoms with Gasteiger partial charge < -0.3 is 25.2 Å². The van der Waals surface area contributed by atoms with Gasteiger partial charge in [0.05, 0.1) is 16.1 Å². The smallest absolute Gasteiger partial charge is 0.124 e. The molecule has 3 N–H and O–H groups in total. The van der Waals surface area contributed by atoms with Crippen molar-refractivity contribution in [2.45, 2.75) is 25.4 Å². The van der Waals surface area contributed by atoms with Crippen LogP contribution in [-0.4, -0.2) is 54.6 Å². The molecule has 2 fully saturated rings. The number of phenolic OH excluding ortho intramolecular Hbond substituents is 1. The fourth-order valence-electron chi connectivity index (χ4n) is 3.18. The Hall–Kier alpha value is -0.850. The molecule has 5 nitrogen and oxygen atoms in total. The van der Waals surface area contributed by atoms with Gasteiger partial charge in [0, 0.05) is 24.1 Å². The number of aromatic hydroxyl groups is 1. The number of benzene rings is 1. The number of carbonyl (C=O) groups is 1. The summed E-state index contributed by atoms with van der Waals surface area (Å²) in [6.07, 6.45) is 3.20. The molecule has 1 aromatic rings. The van der Waals surface area contributed by atoms with Crippen molar-refractivity contribution in [2.24, 2.45) is 11.8 Å². The standard InChI is InChI=1S/C13H17Cl2NO2.C5H9NO/c1-16-4-2-8(3-5-16)13(18)9-6-10(14)11(15)7-12(9)17;7-4-5-1-2-6-3-5/h6-8,13,17-18H,2-5H2,1H3;4-6H,1-3H2. The summed E-state index contributed by atoms with van der Waals surface area (Å²) in [5, 5.41) is 24.0. The third-order valence-corrected chi connectivity index (χ3v) is 5.61. The van der Waals surface area contributed by atoms with Gasteiger partial charge in [-0.2, -0.15) is 0 Å². The Morgan fingerprint density at radius 1 is 1.24 bits per heavy atom. The Balaban J connectivity index is 0.000000269. The molecule has 1 aromatic carbocycles. The third-order valence-electron chi connectivity index (χ3n) is 4.89. The van der Waals surface area contributed by atoms with Gasteiger partial charge in [-0.3, -0.25) is 0 Å². The number of nitrogens with one attached hydrogen (secondary N) is 1. The van der Waals surface area contributed by atoms with Crippen LogP contribution in [0.1, 0.15) is 30.9 Å². The number of carbonyl (C=O) groups excluding carboxylic acids is 1. The van der Waals surface area contributed by atoms with E-state index >= 15 is 0 Å². The maximum absolute atomic E-state index is 10.3. The van der Waals surface area contributed by atoms with Gasteiger partial charge in [0.2, 0.25) is 0 Å². The Kier molecular flexibility index (Phi) is 7.97.